The second-order valence-electron chi connectivity index (χ2n) is 8.85. The number of hydrogen-bond acceptors (Lipinski definition) is 6. The van der Waals surface area contributed by atoms with Crippen LogP contribution in [0.15, 0.2) is 30.6 Å². The van der Waals surface area contributed by atoms with E-state index in [4.69, 9.17) is 0 Å². The van der Waals surface area contributed by atoms with Crippen LogP contribution in [0.5, 0.6) is 0 Å². The first kappa shape index (κ1) is 24.5. The fraction of sp³-hybridized carbons (Fsp3) is 0.462. The Kier molecular flexibility index (Phi) is 7.84. The van der Waals surface area contributed by atoms with Gasteiger partial charge in [-0.3, -0.25) is 14.5 Å². The Hall–Kier alpha value is -3.62. The lowest BCUT2D eigenvalue weighted by molar-refractivity contribution is 0.0945. The van der Waals surface area contributed by atoms with Crippen LogP contribution in [0.2, 0.25) is 0 Å². The second kappa shape index (κ2) is 11.2. The standard InChI is InChI=1S/C24H28N8O.C2H6/c1-15-6-7-17(12-25-15)13-26-24(33)21-14-32(31-29-21)10-4-3-5-19-11-20-16(2)22(18-8-9-18)27-23(20)30-28-19;1-2/h6-7,11-12,14,18H,3-5,8-10,13H2,1-2H3,(H,26,33)(H,27,30);1-2H3. The number of pyridine rings is 1. The molecule has 0 radical (unpaired) electrons. The number of rotatable bonds is 9. The van der Waals surface area contributed by atoms with E-state index in [0.717, 1.165) is 41.9 Å². The summed E-state index contributed by atoms with van der Waals surface area (Å²) in [6.45, 7) is 9.22. The minimum absolute atomic E-state index is 0.238. The van der Waals surface area contributed by atoms with Gasteiger partial charge >= 0.3 is 0 Å². The fourth-order valence-electron chi connectivity index (χ4n) is 4.05. The van der Waals surface area contributed by atoms with Crippen LogP contribution in [-0.4, -0.2) is 41.1 Å². The average molecular weight is 475 g/mol. The number of amides is 1. The molecule has 1 aliphatic carbocycles. The molecule has 0 saturated heterocycles. The van der Waals surface area contributed by atoms with Crippen molar-refractivity contribution in [2.75, 3.05) is 0 Å². The van der Waals surface area contributed by atoms with Crippen LogP contribution in [0.25, 0.3) is 11.0 Å². The van der Waals surface area contributed by atoms with Gasteiger partial charge in [-0.25, -0.2) is 0 Å². The van der Waals surface area contributed by atoms with Gasteiger partial charge in [0.2, 0.25) is 0 Å². The third-order valence-electron chi connectivity index (χ3n) is 6.16. The van der Waals surface area contributed by atoms with E-state index in [1.807, 2.05) is 32.9 Å². The van der Waals surface area contributed by atoms with E-state index in [-0.39, 0.29) is 5.91 Å². The maximum absolute atomic E-state index is 12.3. The zero-order chi connectivity index (χ0) is 24.8. The third kappa shape index (κ3) is 6.09. The van der Waals surface area contributed by atoms with Gasteiger partial charge in [-0.15, -0.1) is 10.2 Å². The van der Waals surface area contributed by atoms with Crippen LogP contribution in [0.4, 0.5) is 0 Å². The maximum Gasteiger partial charge on any atom is 0.273 e. The van der Waals surface area contributed by atoms with Crippen molar-refractivity contribution in [1.82, 2.24) is 40.5 Å². The van der Waals surface area contributed by atoms with Crippen LogP contribution in [0.1, 0.15) is 84.1 Å². The van der Waals surface area contributed by atoms with Crippen molar-refractivity contribution in [3.63, 3.8) is 0 Å². The van der Waals surface area contributed by atoms with Crippen molar-refractivity contribution in [1.29, 1.82) is 0 Å². The molecule has 4 heterocycles. The zero-order valence-electron chi connectivity index (χ0n) is 21.0. The van der Waals surface area contributed by atoms with Gasteiger partial charge in [0, 0.05) is 36.1 Å². The zero-order valence-corrected chi connectivity index (χ0v) is 21.0. The molecule has 1 fully saturated rings. The van der Waals surface area contributed by atoms with Gasteiger partial charge in [-0.2, -0.15) is 5.10 Å². The van der Waals surface area contributed by atoms with E-state index in [1.165, 1.54) is 29.5 Å². The number of unbranched alkanes of at least 4 members (excludes halogenated alkanes) is 1. The molecule has 0 spiro atoms. The number of carbonyl (C=O) groups excluding carboxylic acids is 1. The molecule has 1 saturated carbocycles. The maximum atomic E-state index is 12.3. The molecule has 0 bridgehead atoms. The molecular weight excluding hydrogens is 440 g/mol. The van der Waals surface area contributed by atoms with Crippen molar-refractivity contribution >= 4 is 16.9 Å². The molecule has 0 aromatic carbocycles. The highest BCUT2D eigenvalue weighted by molar-refractivity contribution is 5.91. The molecule has 1 amide bonds. The molecule has 35 heavy (non-hydrogen) atoms. The SMILES string of the molecule is CC.Cc1ccc(CNC(=O)c2cn(CCCCc3cc4c(C)c(C5CC5)[nH]c4nn3)nn2)cn1. The first-order valence-electron chi connectivity index (χ1n) is 12.5. The summed E-state index contributed by atoms with van der Waals surface area (Å²) in [4.78, 5) is 20.0. The summed E-state index contributed by atoms with van der Waals surface area (Å²) in [5.74, 6) is 0.440. The highest BCUT2D eigenvalue weighted by Crippen LogP contribution is 2.42. The van der Waals surface area contributed by atoms with Gasteiger partial charge in [0.1, 0.15) is 0 Å². The quantitative estimate of drug-likeness (QED) is 0.347. The largest absolute Gasteiger partial charge is 0.346 e. The van der Waals surface area contributed by atoms with Gasteiger partial charge in [0.05, 0.1) is 11.9 Å². The number of nitrogens with one attached hydrogen (secondary N) is 2. The average Bonchev–Trinajstić information content (AvgIpc) is 3.53. The summed E-state index contributed by atoms with van der Waals surface area (Å²) in [5.41, 5.74) is 6.76. The van der Waals surface area contributed by atoms with E-state index in [2.05, 4.69) is 48.8 Å². The number of nitrogens with zero attached hydrogens (tertiary/aromatic N) is 6. The molecule has 1 aliphatic rings. The highest BCUT2D eigenvalue weighted by Gasteiger charge is 2.27. The molecule has 4 aromatic rings. The Morgan fingerprint density at radius 3 is 2.71 bits per heavy atom. The third-order valence-corrected chi connectivity index (χ3v) is 6.16. The van der Waals surface area contributed by atoms with E-state index >= 15 is 0 Å². The molecule has 0 aliphatic heterocycles. The molecule has 2 N–H and O–H groups in total. The number of H-pyrrole nitrogens is 1. The van der Waals surface area contributed by atoms with Crippen LogP contribution < -0.4 is 5.32 Å². The van der Waals surface area contributed by atoms with Crippen molar-refractivity contribution in [2.45, 2.75) is 78.8 Å². The van der Waals surface area contributed by atoms with Crippen molar-refractivity contribution in [3.8, 4) is 0 Å². The van der Waals surface area contributed by atoms with Gasteiger partial charge in [-0.05, 0) is 75.1 Å². The first-order valence-corrected chi connectivity index (χ1v) is 12.5. The highest BCUT2D eigenvalue weighted by atomic mass is 16.2. The molecule has 9 heteroatoms. The Morgan fingerprint density at radius 1 is 1.14 bits per heavy atom. The molecule has 9 nitrogen and oxygen atoms in total. The number of aromatic nitrogens is 7. The van der Waals surface area contributed by atoms with Crippen molar-refractivity contribution in [3.05, 3.63) is 64.5 Å². The van der Waals surface area contributed by atoms with Crippen LogP contribution in [-0.2, 0) is 19.5 Å². The Labute approximate surface area is 205 Å². The Morgan fingerprint density at radius 2 is 1.97 bits per heavy atom. The minimum atomic E-state index is -0.238. The summed E-state index contributed by atoms with van der Waals surface area (Å²) < 4.78 is 1.72. The van der Waals surface area contributed by atoms with Crippen molar-refractivity contribution < 1.29 is 4.79 Å². The fourth-order valence-corrected chi connectivity index (χ4v) is 4.05. The molecule has 0 atom stereocenters. The normalized spacial score (nSPS) is 12.9. The van der Waals surface area contributed by atoms with E-state index < -0.39 is 0 Å². The lowest BCUT2D eigenvalue weighted by atomic mass is 10.1. The Bertz CT molecular complexity index is 1270. The number of fused-ring (bicyclic) bond motifs is 1. The van der Waals surface area contributed by atoms with Crippen LogP contribution >= 0.6 is 0 Å². The predicted octanol–water partition coefficient (Wildman–Crippen LogP) is 4.42. The predicted molar refractivity (Wildman–Crippen MR) is 135 cm³/mol. The Balaban J connectivity index is 0.00000141. The van der Waals surface area contributed by atoms with Crippen molar-refractivity contribution in [2.24, 2.45) is 0 Å². The lowest BCUT2D eigenvalue weighted by Crippen LogP contribution is -2.23. The summed E-state index contributed by atoms with van der Waals surface area (Å²) in [6.07, 6.45) is 8.72. The van der Waals surface area contributed by atoms with Gasteiger partial charge < -0.3 is 10.3 Å². The molecular formula is C26H34N8O. The molecule has 0 unspecified atom stereocenters. The lowest BCUT2D eigenvalue weighted by Gasteiger charge is -2.03. The number of aromatic amines is 1. The topological polar surface area (TPSA) is 114 Å². The summed E-state index contributed by atoms with van der Waals surface area (Å²) in [6, 6.07) is 6.04. The van der Waals surface area contributed by atoms with Gasteiger partial charge in [0.25, 0.3) is 5.91 Å². The summed E-state index contributed by atoms with van der Waals surface area (Å²) in [7, 11) is 0. The minimum Gasteiger partial charge on any atom is -0.346 e. The van der Waals surface area contributed by atoms with Gasteiger partial charge in [-0.1, -0.05) is 25.1 Å². The van der Waals surface area contributed by atoms with Crippen LogP contribution in [0, 0.1) is 13.8 Å². The summed E-state index contributed by atoms with van der Waals surface area (Å²) >= 11 is 0. The second-order valence-corrected chi connectivity index (χ2v) is 8.85. The van der Waals surface area contributed by atoms with Crippen LogP contribution in [0.3, 0.4) is 0 Å². The number of carbonyl (C=O) groups is 1. The first-order chi connectivity index (χ1) is 17.1. The molecule has 184 valence electrons. The smallest absolute Gasteiger partial charge is 0.273 e. The molecule has 4 aromatic heterocycles. The number of aryl methyl sites for hydroxylation is 4. The van der Waals surface area contributed by atoms with E-state index in [0.29, 0.717) is 24.7 Å². The van der Waals surface area contributed by atoms with E-state index in [1.54, 1.807) is 17.1 Å². The molecule has 5 rings (SSSR count). The number of hydrogen-bond donors (Lipinski definition) is 2. The van der Waals surface area contributed by atoms with E-state index in [9.17, 15) is 4.79 Å². The summed E-state index contributed by atoms with van der Waals surface area (Å²) in [5, 5.41) is 20.9. The van der Waals surface area contributed by atoms with Gasteiger partial charge in [0.15, 0.2) is 11.3 Å². The monoisotopic (exact) mass is 474 g/mol.